The van der Waals surface area contributed by atoms with Gasteiger partial charge >= 0.3 is 0 Å². The second kappa shape index (κ2) is 2.77. The van der Waals surface area contributed by atoms with E-state index in [0.29, 0.717) is 5.82 Å². The molecular weight excluding hydrogens is 168 g/mol. The number of rotatable bonds is 1. The highest BCUT2D eigenvalue weighted by atomic mass is 16.3. The fourth-order valence-corrected chi connectivity index (χ4v) is 0.743. The number of tetrazole rings is 1. The first kappa shape index (κ1) is 10.1. The van der Waals surface area contributed by atoms with Gasteiger partial charge in [-0.15, -0.1) is 10.2 Å². The van der Waals surface area contributed by atoms with Gasteiger partial charge in [0.05, 0.1) is 5.54 Å². The molecule has 1 rings (SSSR count). The molecule has 0 aliphatic heterocycles. The maximum Gasteiger partial charge on any atom is 0.205 e. The van der Waals surface area contributed by atoms with Gasteiger partial charge in [0.15, 0.2) is 0 Å². The Kier molecular flexibility index (Phi) is 2.15. The van der Waals surface area contributed by atoms with E-state index >= 15 is 0 Å². The van der Waals surface area contributed by atoms with Crippen molar-refractivity contribution in [2.45, 2.75) is 45.8 Å². The quantitative estimate of drug-likeness (QED) is 0.696. The van der Waals surface area contributed by atoms with Crippen molar-refractivity contribution in [2.75, 3.05) is 0 Å². The molecule has 0 aliphatic rings. The van der Waals surface area contributed by atoms with Gasteiger partial charge in [-0.2, -0.15) is 4.80 Å². The smallest absolute Gasteiger partial charge is 0.205 e. The fourth-order valence-electron chi connectivity index (χ4n) is 0.743. The van der Waals surface area contributed by atoms with Crippen molar-refractivity contribution in [1.29, 1.82) is 0 Å². The zero-order valence-corrected chi connectivity index (χ0v) is 8.74. The summed E-state index contributed by atoms with van der Waals surface area (Å²) in [5.41, 5.74) is -1.22. The van der Waals surface area contributed by atoms with Crippen LogP contribution in [0.1, 0.15) is 40.4 Å². The lowest BCUT2D eigenvalue weighted by atomic mass is 10.1. The summed E-state index contributed by atoms with van der Waals surface area (Å²) in [7, 11) is 0. The monoisotopic (exact) mass is 184 g/mol. The fraction of sp³-hybridized carbons (Fsp3) is 0.875. The lowest BCUT2D eigenvalue weighted by Crippen LogP contribution is -2.26. The third-order valence-electron chi connectivity index (χ3n) is 1.56. The first-order valence-corrected chi connectivity index (χ1v) is 4.24. The van der Waals surface area contributed by atoms with Crippen molar-refractivity contribution >= 4 is 0 Å². The summed E-state index contributed by atoms with van der Waals surface area (Å²) < 4.78 is 0. The summed E-state index contributed by atoms with van der Waals surface area (Å²) in [5, 5.41) is 21.3. The molecule has 0 aliphatic carbocycles. The molecule has 5 nitrogen and oxygen atoms in total. The van der Waals surface area contributed by atoms with Gasteiger partial charge < -0.3 is 5.11 Å². The summed E-state index contributed by atoms with van der Waals surface area (Å²) >= 11 is 0. The Morgan fingerprint density at radius 1 is 1.15 bits per heavy atom. The van der Waals surface area contributed by atoms with Gasteiger partial charge in [0.2, 0.25) is 5.82 Å². The molecule has 0 fully saturated rings. The molecule has 0 radical (unpaired) electrons. The van der Waals surface area contributed by atoms with E-state index in [1.54, 1.807) is 13.8 Å². The predicted molar refractivity (Wildman–Crippen MR) is 48.1 cm³/mol. The van der Waals surface area contributed by atoms with Crippen LogP contribution in [0.15, 0.2) is 0 Å². The number of hydrogen-bond donors (Lipinski definition) is 1. The molecule has 5 heteroatoms. The molecule has 0 aromatic carbocycles. The molecular formula is C8H16N4O. The zero-order chi connectivity index (χ0) is 10.3. The Morgan fingerprint density at radius 3 is 1.92 bits per heavy atom. The minimum absolute atomic E-state index is 0.198. The Morgan fingerprint density at radius 2 is 1.69 bits per heavy atom. The van der Waals surface area contributed by atoms with Gasteiger partial charge in [-0.1, -0.05) is 0 Å². The molecule has 0 spiro atoms. The van der Waals surface area contributed by atoms with Crippen molar-refractivity contribution in [3.8, 4) is 0 Å². The normalized spacial score (nSPS) is 13.4. The molecule has 1 aromatic heterocycles. The Balaban J connectivity index is 3.01. The number of hydrogen-bond acceptors (Lipinski definition) is 4. The molecule has 0 atom stereocenters. The van der Waals surface area contributed by atoms with Crippen molar-refractivity contribution in [1.82, 2.24) is 20.2 Å². The lowest BCUT2D eigenvalue weighted by molar-refractivity contribution is 0.0678. The highest BCUT2D eigenvalue weighted by Gasteiger charge is 2.25. The van der Waals surface area contributed by atoms with E-state index in [4.69, 9.17) is 0 Å². The van der Waals surface area contributed by atoms with Crippen LogP contribution in [-0.2, 0) is 11.1 Å². The summed E-state index contributed by atoms with van der Waals surface area (Å²) in [6, 6.07) is 0. The van der Waals surface area contributed by atoms with Gasteiger partial charge in [0.25, 0.3) is 0 Å². The van der Waals surface area contributed by atoms with Crippen LogP contribution in [0.2, 0.25) is 0 Å². The van der Waals surface area contributed by atoms with Gasteiger partial charge in [0, 0.05) is 0 Å². The van der Waals surface area contributed by atoms with Crippen LogP contribution in [-0.4, -0.2) is 25.3 Å². The van der Waals surface area contributed by atoms with E-state index in [1.165, 1.54) is 4.80 Å². The molecule has 1 aromatic rings. The topological polar surface area (TPSA) is 63.8 Å². The van der Waals surface area contributed by atoms with Crippen LogP contribution in [0.25, 0.3) is 0 Å². The van der Waals surface area contributed by atoms with Gasteiger partial charge in [-0.05, 0) is 39.8 Å². The SMILES string of the molecule is CC(C)(O)c1nnn(C(C)(C)C)n1. The molecule has 1 N–H and O–H groups in total. The van der Waals surface area contributed by atoms with Crippen molar-refractivity contribution in [3.63, 3.8) is 0 Å². The van der Waals surface area contributed by atoms with Gasteiger partial charge in [-0.3, -0.25) is 0 Å². The molecule has 0 amide bonds. The van der Waals surface area contributed by atoms with Crippen LogP contribution in [0, 0.1) is 0 Å². The van der Waals surface area contributed by atoms with E-state index in [0.717, 1.165) is 0 Å². The van der Waals surface area contributed by atoms with Crippen molar-refractivity contribution < 1.29 is 5.11 Å². The Labute approximate surface area is 77.8 Å². The second-order valence-corrected chi connectivity index (χ2v) is 4.63. The van der Waals surface area contributed by atoms with E-state index in [1.807, 2.05) is 20.8 Å². The van der Waals surface area contributed by atoms with E-state index < -0.39 is 5.60 Å². The third-order valence-corrected chi connectivity index (χ3v) is 1.56. The van der Waals surface area contributed by atoms with Gasteiger partial charge in [-0.25, -0.2) is 0 Å². The maximum absolute atomic E-state index is 9.59. The van der Waals surface area contributed by atoms with E-state index in [-0.39, 0.29) is 5.54 Å². The predicted octanol–water partition coefficient (Wildman–Crippen LogP) is 0.655. The maximum atomic E-state index is 9.59. The highest BCUT2D eigenvalue weighted by molar-refractivity contribution is 4.91. The number of aliphatic hydroxyl groups is 1. The van der Waals surface area contributed by atoms with Crippen molar-refractivity contribution in [3.05, 3.63) is 5.82 Å². The molecule has 0 bridgehead atoms. The number of nitrogens with zero attached hydrogens (tertiary/aromatic N) is 4. The lowest BCUT2D eigenvalue weighted by Gasteiger charge is -2.16. The van der Waals surface area contributed by atoms with Crippen LogP contribution in [0.3, 0.4) is 0 Å². The average Bonchev–Trinajstić information content (AvgIpc) is 2.28. The highest BCUT2D eigenvalue weighted by Crippen LogP contribution is 2.16. The first-order chi connectivity index (χ1) is 5.71. The summed E-state index contributed by atoms with van der Waals surface area (Å²) in [6.45, 7) is 9.20. The summed E-state index contributed by atoms with van der Waals surface area (Å²) in [4.78, 5) is 1.50. The summed E-state index contributed by atoms with van der Waals surface area (Å²) in [5.74, 6) is 0.349. The summed E-state index contributed by atoms with van der Waals surface area (Å²) in [6.07, 6.45) is 0. The number of aromatic nitrogens is 4. The molecule has 13 heavy (non-hydrogen) atoms. The Bertz CT molecular complexity index is 263. The standard InChI is InChI=1S/C8H16N4O/c1-7(2,3)12-10-6(9-11-12)8(4,5)13/h13H,1-5H3. The first-order valence-electron chi connectivity index (χ1n) is 4.24. The zero-order valence-electron chi connectivity index (χ0n) is 8.74. The minimum Gasteiger partial charge on any atom is -0.382 e. The molecule has 0 unspecified atom stereocenters. The Hall–Kier alpha value is -0.970. The van der Waals surface area contributed by atoms with Crippen LogP contribution in [0.5, 0.6) is 0 Å². The molecule has 1 heterocycles. The van der Waals surface area contributed by atoms with Crippen LogP contribution < -0.4 is 0 Å². The molecule has 0 saturated carbocycles. The third kappa shape index (κ3) is 2.24. The average molecular weight is 184 g/mol. The minimum atomic E-state index is -1.02. The van der Waals surface area contributed by atoms with Crippen LogP contribution in [0.4, 0.5) is 0 Å². The molecule has 0 saturated heterocycles. The van der Waals surface area contributed by atoms with E-state index in [9.17, 15) is 5.11 Å². The van der Waals surface area contributed by atoms with E-state index in [2.05, 4.69) is 15.4 Å². The second-order valence-electron chi connectivity index (χ2n) is 4.63. The van der Waals surface area contributed by atoms with Crippen LogP contribution >= 0.6 is 0 Å². The van der Waals surface area contributed by atoms with Crippen molar-refractivity contribution in [2.24, 2.45) is 0 Å². The van der Waals surface area contributed by atoms with Gasteiger partial charge in [0.1, 0.15) is 5.60 Å². The largest absolute Gasteiger partial charge is 0.382 e. The molecule has 74 valence electrons.